The summed E-state index contributed by atoms with van der Waals surface area (Å²) >= 11 is 0. The third-order valence-electron chi connectivity index (χ3n) is 4.61. The molecule has 1 saturated carbocycles. The van der Waals surface area contributed by atoms with Crippen LogP contribution in [0.5, 0.6) is 5.88 Å². The molecule has 1 fully saturated rings. The van der Waals surface area contributed by atoms with Gasteiger partial charge in [-0.3, -0.25) is 4.79 Å². The molecular formula is C18H21N5O3. The van der Waals surface area contributed by atoms with Gasteiger partial charge < -0.3 is 14.6 Å². The zero-order valence-corrected chi connectivity index (χ0v) is 14.9. The highest BCUT2D eigenvalue weighted by atomic mass is 16.5. The second-order valence-electron chi connectivity index (χ2n) is 6.46. The Morgan fingerprint density at radius 2 is 2.04 bits per heavy atom. The molecule has 1 aliphatic carbocycles. The van der Waals surface area contributed by atoms with Crippen molar-refractivity contribution in [2.45, 2.75) is 58.1 Å². The molecule has 0 atom stereocenters. The van der Waals surface area contributed by atoms with Crippen LogP contribution in [0.2, 0.25) is 0 Å². The number of nitrogens with one attached hydrogen (secondary N) is 1. The van der Waals surface area contributed by atoms with E-state index in [0.717, 1.165) is 36.9 Å². The molecule has 0 unspecified atom stereocenters. The van der Waals surface area contributed by atoms with Crippen LogP contribution in [-0.4, -0.2) is 33.2 Å². The summed E-state index contributed by atoms with van der Waals surface area (Å²) in [6, 6.07) is 2.11. The van der Waals surface area contributed by atoms with Gasteiger partial charge in [0.15, 0.2) is 0 Å². The van der Waals surface area contributed by atoms with Crippen molar-refractivity contribution < 1.29 is 14.1 Å². The summed E-state index contributed by atoms with van der Waals surface area (Å²) in [5.74, 6) is 0.942. The van der Waals surface area contributed by atoms with Crippen LogP contribution in [0, 0.1) is 25.2 Å². The van der Waals surface area contributed by atoms with Crippen molar-refractivity contribution in [3.63, 3.8) is 0 Å². The molecule has 1 amide bonds. The second-order valence-corrected chi connectivity index (χ2v) is 6.46. The van der Waals surface area contributed by atoms with E-state index in [0.29, 0.717) is 5.76 Å². The molecule has 0 radical (unpaired) electrons. The molecule has 8 heteroatoms. The first-order valence-corrected chi connectivity index (χ1v) is 8.65. The van der Waals surface area contributed by atoms with Gasteiger partial charge in [-0.2, -0.15) is 5.26 Å². The Balaban J connectivity index is 1.48. The van der Waals surface area contributed by atoms with Crippen molar-refractivity contribution in [1.82, 2.24) is 20.4 Å². The van der Waals surface area contributed by atoms with E-state index < -0.39 is 0 Å². The summed E-state index contributed by atoms with van der Waals surface area (Å²) < 4.78 is 10.9. The van der Waals surface area contributed by atoms with Gasteiger partial charge in [0.1, 0.15) is 17.9 Å². The minimum Gasteiger partial charge on any atom is -0.472 e. The molecule has 0 bridgehead atoms. The number of aryl methyl sites for hydroxylation is 2. The zero-order valence-electron chi connectivity index (χ0n) is 14.9. The van der Waals surface area contributed by atoms with Gasteiger partial charge in [-0.25, -0.2) is 9.97 Å². The molecule has 0 aliphatic heterocycles. The van der Waals surface area contributed by atoms with E-state index in [-0.39, 0.29) is 36.0 Å². The maximum Gasteiger partial charge on any atom is 0.251 e. The topological polar surface area (TPSA) is 114 Å². The van der Waals surface area contributed by atoms with Crippen molar-refractivity contribution in [3.8, 4) is 11.9 Å². The van der Waals surface area contributed by atoms with Gasteiger partial charge in [-0.1, -0.05) is 5.16 Å². The minimum absolute atomic E-state index is 0.0190. The quantitative estimate of drug-likeness (QED) is 0.872. The van der Waals surface area contributed by atoms with E-state index in [2.05, 4.69) is 20.4 Å². The van der Waals surface area contributed by atoms with Gasteiger partial charge in [0, 0.05) is 24.0 Å². The Hall–Kier alpha value is -2.95. The van der Waals surface area contributed by atoms with Crippen molar-refractivity contribution >= 4 is 5.91 Å². The molecule has 0 spiro atoms. The Bertz CT molecular complexity index is 799. The number of hydrogen-bond donors (Lipinski definition) is 1. The van der Waals surface area contributed by atoms with Crippen LogP contribution in [0.3, 0.4) is 0 Å². The molecule has 1 aliphatic rings. The van der Waals surface area contributed by atoms with Gasteiger partial charge in [0.05, 0.1) is 12.1 Å². The highest BCUT2D eigenvalue weighted by Gasteiger charge is 2.25. The van der Waals surface area contributed by atoms with E-state index in [1.54, 1.807) is 0 Å². The summed E-state index contributed by atoms with van der Waals surface area (Å²) in [5.41, 5.74) is 1.81. The molecular weight excluding hydrogens is 334 g/mol. The van der Waals surface area contributed by atoms with Gasteiger partial charge >= 0.3 is 0 Å². The van der Waals surface area contributed by atoms with E-state index in [1.165, 1.54) is 12.4 Å². The average Bonchev–Trinajstić information content (AvgIpc) is 2.96. The Kier molecular flexibility index (Phi) is 5.46. The van der Waals surface area contributed by atoms with Gasteiger partial charge in [-0.05, 0) is 39.5 Å². The normalized spacial score (nSPS) is 19.6. The molecule has 1 N–H and O–H groups in total. The van der Waals surface area contributed by atoms with Crippen LogP contribution < -0.4 is 10.1 Å². The van der Waals surface area contributed by atoms with Crippen LogP contribution in [0.15, 0.2) is 16.9 Å². The van der Waals surface area contributed by atoms with E-state index in [4.69, 9.17) is 14.5 Å². The van der Waals surface area contributed by atoms with Crippen LogP contribution in [0.25, 0.3) is 0 Å². The molecule has 0 aromatic carbocycles. The van der Waals surface area contributed by atoms with Gasteiger partial charge in [-0.15, -0.1) is 0 Å². The van der Waals surface area contributed by atoms with Crippen LogP contribution in [0.4, 0.5) is 0 Å². The van der Waals surface area contributed by atoms with Crippen LogP contribution in [0.1, 0.15) is 48.4 Å². The van der Waals surface area contributed by atoms with Gasteiger partial charge in [0.2, 0.25) is 11.6 Å². The third kappa shape index (κ3) is 4.17. The highest BCUT2D eigenvalue weighted by molar-refractivity contribution is 5.79. The van der Waals surface area contributed by atoms with Crippen molar-refractivity contribution in [1.29, 1.82) is 5.26 Å². The van der Waals surface area contributed by atoms with E-state index in [1.807, 2.05) is 19.9 Å². The fourth-order valence-electron chi connectivity index (χ4n) is 3.16. The van der Waals surface area contributed by atoms with Crippen molar-refractivity contribution in [2.75, 3.05) is 0 Å². The SMILES string of the molecule is Cc1noc(C)c1CC(=O)NC1CCC(Oc2nccnc2C#N)CC1. The first kappa shape index (κ1) is 17.9. The van der Waals surface area contributed by atoms with Gasteiger partial charge in [0.25, 0.3) is 5.88 Å². The summed E-state index contributed by atoms with van der Waals surface area (Å²) in [5, 5.41) is 16.0. The fourth-order valence-corrected chi connectivity index (χ4v) is 3.16. The number of rotatable bonds is 5. The Morgan fingerprint density at radius 3 is 2.69 bits per heavy atom. The summed E-state index contributed by atoms with van der Waals surface area (Å²) in [7, 11) is 0. The fraction of sp³-hybridized carbons (Fsp3) is 0.500. The number of carbonyl (C=O) groups is 1. The molecule has 3 rings (SSSR count). The number of aromatic nitrogens is 3. The second kappa shape index (κ2) is 7.95. The molecule has 2 aromatic heterocycles. The third-order valence-corrected chi connectivity index (χ3v) is 4.61. The number of nitriles is 1. The molecule has 8 nitrogen and oxygen atoms in total. The lowest BCUT2D eigenvalue weighted by molar-refractivity contribution is -0.121. The lowest BCUT2D eigenvalue weighted by atomic mass is 9.92. The van der Waals surface area contributed by atoms with Crippen LogP contribution in [-0.2, 0) is 11.2 Å². The lowest BCUT2D eigenvalue weighted by Crippen LogP contribution is -2.40. The number of carbonyl (C=O) groups excluding carboxylic acids is 1. The highest BCUT2D eigenvalue weighted by Crippen LogP contribution is 2.24. The maximum atomic E-state index is 12.3. The van der Waals surface area contributed by atoms with Crippen LogP contribution >= 0.6 is 0 Å². The van der Waals surface area contributed by atoms with E-state index >= 15 is 0 Å². The average molecular weight is 355 g/mol. The summed E-state index contributed by atoms with van der Waals surface area (Å²) in [6.07, 6.45) is 6.46. The minimum atomic E-state index is -0.0236. The Labute approximate surface area is 151 Å². The molecule has 136 valence electrons. The predicted octanol–water partition coefficient (Wildman–Crippen LogP) is 2.00. The monoisotopic (exact) mass is 355 g/mol. The molecule has 2 aromatic rings. The molecule has 0 saturated heterocycles. The maximum absolute atomic E-state index is 12.3. The largest absolute Gasteiger partial charge is 0.472 e. The summed E-state index contributed by atoms with van der Waals surface area (Å²) in [4.78, 5) is 20.3. The number of nitrogens with zero attached hydrogens (tertiary/aromatic N) is 4. The smallest absolute Gasteiger partial charge is 0.251 e. The predicted molar refractivity (Wildman–Crippen MR) is 91.2 cm³/mol. The number of hydrogen-bond acceptors (Lipinski definition) is 7. The first-order valence-electron chi connectivity index (χ1n) is 8.65. The molecule has 26 heavy (non-hydrogen) atoms. The summed E-state index contributed by atoms with van der Waals surface area (Å²) in [6.45, 7) is 3.65. The lowest BCUT2D eigenvalue weighted by Gasteiger charge is -2.29. The van der Waals surface area contributed by atoms with Crippen molar-refractivity contribution in [3.05, 3.63) is 35.1 Å². The molecule has 2 heterocycles. The standard InChI is InChI=1S/C18H21N5O3/c1-11-15(12(2)26-23-11)9-17(24)22-13-3-5-14(6-4-13)25-18-16(10-19)20-7-8-21-18/h7-8,13-14H,3-6,9H2,1-2H3,(H,22,24). The first-order chi connectivity index (χ1) is 12.6. The zero-order chi connectivity index (χ0) is 18.5. The number of amides is 1. The number of ether oxygens (including phenoxy) is 1. The van der Waals surface area contributed by atoms with E-state index in [9.17, 15) is 4.79 Å². The van der Waals surface area contributed by atoms with Crippen molar-refractivity contribution in [2.24, 2.45) is 0 Å². The Morgan fingerprint density at radius 1 is 1.31 bits per heavy atom.